The van der Waals surface area contributed by atoms with E-state index in [1.165, 1.54) is 14.2 Å². The topological polar surface area (TPSA) is 61.2 Å². The number of hydrogen-bond donors (Lipinski definition) is 1. The van der Waals surface area contributed by atoms with Crippen molar-refractivity contribution in [2.24, 2.45) is 0 Å². The van der Waals surface area contributed by atoms with Gasteiger partial charge in [-0.15, -0.1) is 0 Å². The molecule has 0 spiro atoms. The Balaban J connectivity index is 1.74. The smallest absolute Gasteiger partial charge is 0.410 e. The highest BCUT2D eigenvalue weighted by Gasteiger charge is 2.46. The lowest BCUT2D eigenvalue weighted by Crippen LogP contribution is -2.35. The van der Waals surface area contributed by atoms with Gasteiger partial charge < -0.3 is 14.8 Å². The van der Waals surface area contributed by atoms with E-state index in [0.717, 1.165) is 4.68 Å². The fraction of sp³-hybridized carbons (Fsp3) is 0.300. The van der Waals surface area contributed by atoms with Crippen LogP contribution in [0.3, 0.4) is 0 Å². The van der Waals surface area contributed by atoms with Crippen LogP contribution >= 0.6 is 0 Å². The Kier molecular flexibility index (Phi) is 4.81. The zero-order valence-electron chi connectivity index (χ0n) is 15.8. The van der Waals surface area contributed by atoms with Crippen LogP contribution in [0.25, 0.3) is 11.3 Å². The number of fused-ring (bicyclic) bond motifs is 1. The van der Waals surface area contributed by atoms with E-state index >= 15 is 0 Å². The number of alkyl halides is 3. The van der Waals surface area contributed by atoms with Gasteiger partial charge in [-0.1, -0.05) is 6.07 Å². The Hall–Kier alpha value is -3.23. The molecule has 1 N–H and O–H groups in total. The quantitative estimate of drug-likeness (QED) is 0.688. The molecule has 1 aliphatic rings. The minimum atomic E-state index is -4.44. The van der Waals surface area contributed by atoms with Crippen LogP contribution in [0.2, 0.25) is 0 Å². The van der Waals surface area contributed by atoms with Crippen molar-refractivity contribution >= 4 is 5.82 Å². The number of anilines is 1. The predicted molar refractivity (Wildman–Crippen MR) is 101 cm³/mol. The summed E-state index contributed by atoms with van der Waals surface area (Å²) in [6, 6.07) is 7.89. The molecule has 0 unspecified atom stereocenters. The molecule has 3 aromatic rings. The Morgan fingerprint density at radius 1 is 1.10 bits per heavy atom. The first-order chi connectivity index (χ1) is 13.9. The van der Waals surface area contributed by atoms with Crippen LogP contribution in [0, 0.1) is 0 Å². The summed E-state index contributed by atoms with van der Waals surface area (Å²) in [5, 5.41) is 7.39. The standard InChI is InChI=1S/C20H19F3N4O2/c1-28-16-6-5-12(8-17(16)29-2)14-9-18(20(21,22)23)27-19(25-14)10-15(26-27)13-4-3-7-24-11-13/h3-8,10-11,14,18,25H,9H2,1-2H3/t14-,18+/m0/s1. The summed E-state index contributed by atoms with van der Waals surface area (Å²) in [6.07, 6.45) is -1.46. The average Bonchev–Trinajstić information content (AvgIpc) is 3.16. The summed E-state index contributed by atoms with van der Waals surface area (Å²) < 4.78 is 53.0. The van der Waals surface area contributed by atoms with Crippen molar-refractivity contribution in [1.29, 1.82) is 0 Å². The molecule has 0 saturated carbocycles. The normalized spacial score (nSPS) is 18.7. The minimum absolute atomic E-state index is 0.194. The number of pyridine rings is 1. The number of methoxy groups -OCH3 is 2. The predicted octanol–water partition coefficient (Wildman–Crippen LogP) is 4.62. The van der Waals surface area contributed by atoms with Gasteiger partial charge in [0, 0.05) is 30.4 Å². The van der Waals surface area contributed by atoms with Gasteiger partial charge in [-0.2, -0.15) is 18.3 Å². The molecule has 0 saturated heterocycles. The fourth-order valence-electron chi connectivity index (χ4n) is 3.52. The van der Waals surface area contributed by atoms with Crippen molar-refractivity contribution in [2.45, 2.75) is 24.7 Å². The first-order valence-electron chi connectivity index (χ1n) is 8.96. The highest BCUT2D eigenvalue weighted by atomic mass is 19.4. The van der Waals surface area contributed by atoms with E-state index in [1.807, 2.05) is 0 Å². The third kappa shape index (κ3) is 3.59. The van der Waals surface area contributed by atoms with E-state index in [0.29, 0.717) is 34.1 Å². The third-order valence-electron chi connectivity index (χ3n) is 4.96. The Bertz CT molecular complexity index is 1000. The SMILES string of the molecule is COc1ccc([C@@H]2C[C@H](C(F)(F)F)n3nc(-c4cccnc4)cc3N2)cc1OC. The van der Waals surface area contributed by atoms with Crippen LogP contribution in [0.4, 0.5) is 19.0 Å². The molecular formula is C20H19F3N4O2. The van der Waals surface area contributed by atoms with Crippen LogP contribution < -0.4 is 14.8 Å². The Morgan fingerprint density at radius 2 is 1.90 bits per heavy atom. The number of benzene rings is 1. The molecular weight excluding hydrogens is 385 g/mol. The van der Waals surface area contributed by atoms with Gasteiger partial charge in [0.25, 0.3) is 0 Å². The maximum atomic E-state index is 13.8. The number of nitrogens with zero attached hydrogens (tertiary/aromatic N) is 3. The molecule has 1 aromatic carbocycles. The van der Waals surface area contributed by atoms with Crippen LogP contribution in [0.1, 0.15) is 24.1 Å². The van der Waals surface area contributed by atoms with Crippen molar-refractivity contribution < 1.29 is 22.6 Å². The summed E-state index contributed by atoms with van der Waals surface area (Å²) >= 11 is 0. The van der Waals surface area contributed by atoms with Gasteiger partial charge in [0.2, 0.25) is 0 Å². The molecule has 9 heteroatoms. The first kappa shape index (κ1) is 19.1. The van der Waals surface area contributed by atoms with Crippen molar-refractivity contribution in [2.75, 3.05) is 19.5 Å². The van der Waals surface area contributed by atoms with E-state index in [9.17, 15) is 13.2 Å². The Labute approximate surface area is 165 Å². The maximum absolute atomic E-state index is 13.8. The zero-order chi connectivity index (χ0) is 20.6. The largest absolute Gasteiger partial charge is 0.493 e. The molecule has 2 atom stereocenters. The van der Waals surface area contributed by atoms with Crippen LogP contribution in [-0.4, -0.2) is 35.2 Å². The number of ether oxygens (including phenoxy) is 2. The number of halogens is 3. The van der Waals surface area contributed by atoms with E-state index in [1.54, 1.807) is 48.8 Å². The molecule has 0 fully saturated rings. The number of nitrogens with one attached hydrogen (secondary N) is 1. The number of rotatable bonds is 4. The fourth-order valence-corrected chi connectivity index (χ4v) is 3.52. The molecule has 3 heterocycles. The lowest BCUT2D eigenvalue weighted by Gasteiger charge is -2.33. The van der Waals surface area contributed by atoms with Crippen LogP contribution in [0.5, 0.6) is 11.5 Å². The second-order valence-electron chi connectivity index (χ2n) is 6.71. The molecule has 0 aliphatic carbocycles. The van der Waals surface area contributed by atoms with Crippen molar-refractivity contribution in [3.05, 3.63) is 54.4 Å². The molecule has 2 aromatic heterocycles. The summed E-state index contributed by atoms with van der Waals surface area (Å²) in [6.45, 7) is 0. The second kappa shape index (κ2) is 7.31. The van der Waals surface area contributed by atoms with Crippen molar-refractivity contribution in [3.8, 4) is 22.8 Å². The lowest BCUT2D eigenvalue weighted by atomic mass is 9.96. The molecule has 29 heavy (non-hydrogen) atoms. The lowest BCUT2D eigenvalue weighted by molar-refractivity contribution is -0.173. The van der Waals surface area contributed by atoms with Gasteiger partial charge in [-0.25, -0.2) is 4.68 Å². The summed E-state index contributed by atoms with van der Waals surface area (Å²) in [5.74, 6) is 1.28. The van der Waals surface area contributed by atoms with Gasteiger partial charge in [0.15, 0.2) is 17.5 Å². The average molecular weight is 404 g/mol. The van der Waals surface area contributed by atoms with E-state index in [-0.39, 0.29) is 6.42 Å². The minimum Gasteiger partial charge on any atom is -0.493 e. The van der Waals surface area contributed by atoms with Gasteiger partial charge in [0.05, 0.1) is 26.0 Å². The van der Waals surface area contributed by atoms with Gasteiger partial charge in [0.1, 0.15) is 5.82 Å². The monoisotopic (exact) mass is 404 g/mol. The van der Waals surface area contributed by atoms with Crippen molar-refractivity contribution in [3.63, 3.8) is 0 Å². The highest BCUT2D eigenvalue weighted by molar-refractivity contribution is 5.63. The molecule has 0 bridgehead atoms. The summed E-state index contributed by atoms with van der Waals surface area (Å²) in [5.41, 5.74) is 1.76. The number of aromatic nitrogens is 3. The first-order valence-corrected chi connectivity index (χ1v) is 8.96. The molecule has 1 aliphatic heterocycles. The van der Waals surface area contributed by atoms with Crippen LogP contribution in [0.15, 0.2) is 48.8 Å². The van der Waals surface area contributed by atoms with Crippen LogP contribution in [-0.2, 0) is 0 Å². The molecule has 0 amide bonds. The zero-order valence-corrected chi connectivity index (χ0v) is 15.8. The highest BCUT2D eigenvalue weighted by Crippen LogP contribution is 2.45. The molecule has 4 rings (SSSR count). The summed E-state index contributed by atoms with van der Waals surface area (Å²) in [7, 11) is 3.00. The summed E-state index contributed by atoms with van der Waals surface area (Å²) in [4.78, 5) is 4.02. The van der Waals surface area contributed by atoms with E-state index < -0.39 is 18.3 Å². The molecule has 6 nitrogen and oxygen atoms in total. The molecule has 0 radical (unpaired) electrons. The maximum Gasteiger partial charge on any atom is 0.410 e. The van der Waals surface area contributed by atoms with E-state index in [2.05, 4.69) is 15.4 Å². The van der Waals surface area contributed by atoms with E-state index in [4.69, 9.17) is 9.47 Å². The van der Waals surface area contributed by atoms with Crippen molar-refractivity contribution in [1.82, 2.24) is 14.8 Å². The third-order valence-corrected chi connectivity index (χ3v) is 4.96. The van der Waals surface area contributed by atoms with Gasteiger partial charge >= 0.3 is 6.18 Å². The number of hydrogen-bond acceptors (Lipinski definition) is 5. The Morgan fingerprint density at radius 3 is 2.55 bits per heavy atom. The second-order valence-corrected chi connectivity index (χ2v) is 6.71. The van der Waals surface area contributed by atoms with Gasteiger partial charge in [-0.05, 0) is 29.8 Å². The molecule has 152 valence electrons. The van der Waals surface area contributed by atoms with Gasteiger partial charge in [-0.3, -0.25) is 4.98 Å².